The fourth-order valence-electron chi connectivity index (χ4n) is 8.39. The van der Waals surface area contributed by atoms with Gasteiger partial charge in [-0.3, -0.25) is 0 Å². The van der Waals surface area contributed by atoms with Gasteiger partial charge in [0.05, 0.1) is 0 Å². The zero-order chi connectivity index (χ0) is 44.9. The van der Waals surface area contributed by atoms with Crippen LogP contribution >= 0.6 is 0 Å². The summed E-state index contributed by atoms with van der Waals surface area (Å²) in [7, 11) is 0. The second-order valence-corrected chi connectivity index (χ2v) is 16.4. The lowest BCUT2D eigenvalue weighted by Gasteiger charge is -2.13. The molecule has 0 bridgehead atoms. The molecule has 2 heterocycles. The van der Waals surface area contributed by atoms with Gasteiger partial charge < -0.3 is 0 Å². The van der Waals surface area contributed by atoms with Crippen LogP contribution in [-0.2, 0) is 0 Å². The Hall–Kier alpha value is -9.00. The molecule has 0 aliphatic heterocycles. The third kappa shape index (κ3) is 8.80. The molecular weight excluding hydrogens is 817 g/mol. The van der Waals surface area contributed by atoms with Crippen molar-refractivity contribution in [3.05, 3.63) is 242 Å². The van der Waals surface area contributed by atoms with Crippen LogP contribution in [0.25, 0.3) is 113 Å². The molecule has 0 unspecified atom stereocenters. The largest absolute Gasteiger partial charge is 0.208 e. The van der Waals surface area contributed by atoms with Crippen LogP contribution in [0.5, 0.6) is 0 Å². The maximum absolute atomic E-state index is 5.10. The molecule has 0 N–H and O–H groups in total. The molecule has 316 valence electrons. The molecule has 0 atom stereocenters. The third-order valence-corrected chi connectivity index (χ3v) is 11.9. The zero-order valence-electron chi connectivity index (χ0n) is 36.7. The second kappa shape index (κ2) is 18.2. The molecule has 6 heteroatoms. The molecule has 11 rings (SSSR count). The first-order chi connectivity index (χ1) is 33.1. The normalized spacial score (nSPS) is 11.1. The summed E-state index contributed by atoms with van der Waals surface area (Å²) in [5, 5.41) is 0. The molecule has 11 aromatic rings. The van der Waals surface area contributed by atoms with Gasteiger partial charge in [0, 0.05) is 33.4 Å². The molecule has 0 saturated heterocycles. The minimum absolute atomic E-state index is 0.619. The van der Waals surface area contributed by atoms with Crippen LogP contribution in [0.1, 0.15) is 5.56 Å². The van der Waals surface area contributed by atoms with E-state index in [1.54, 1.807) is 0 Å². The number of aromatic nitrogens is 6. The van der Waals surface area contributed by atoms with Crippen molar-refractivity contribution in [1.82, 2.24) is 29.9 Å². The molecule has 0 saturated carbocycles. The van der Waals surface area contributed by atoms with Crippen LogP contribution in [0.3, 0.4) is 0 Å². The number of rotatable bonds is 10. The number of hydrogen-bond acceptors (Lipinski definition) is 6. The van der Waals surface area contributed by atoms with E-state index in [4.69, 9.17) is 29.9 Å². The summed E-state index contributed by atoms with van der Waals surface area (Å²) in [5.74, 6) is 3.77. The molecule has 0 radical (unpaired) electrons. The Morgan fingerprint density at radius 3 is 0.881 bits per heavy atom. The van der Waals surface area contributed by atoms with Crippen molar-refractivity contribution in [1.29, 1.82) is 0 Å². The van der Waals surface area contributed by atoms with Crippen molar-refractivity contribution in [2.24, 2.45) is 0 Å². The van der Waals surface area contributed by atoms with Gasteiger partial charge in [0.2, 0.25) is 0 Å². The van der Waals surface area contributed by atoms with E-state index in [9.17, 15) is 0 Å². The maximum Gasteiger partial charge on any atom is 0.164 e. The third-order valence-electron chi connectivity index (χ3n) is 11.9. The quantitative estimate of drug-likeness (QED) is 0.136. The standard InChI is InChI=1S/C61H42N6/c1-41-31-32-54(61-66-58(46-23-12-5-13-24-46)63-59(67-61)47-35-33-43(34-36-47)42-17-6-2-7-18-42)40-55(41)52-29-15-27-50(38-52)48-25-14-26-49(37-48)51-28-16-30-53(39-51)60-64-56(44-19-8-3-9-20-44)62-57(65-60)45-21-10-4-11-22-45/h2-40H,1H3. The van der Waals surface area contributed by atoms with Gasteiger partial charge in [0.15, 0.2) is 34.9 Å². The lowest BCUT2D eigenvalue weighted by molar-refractivity contribution is 1.07. The topological polar surface area (TPSA) is 77.3 Å². The van der Waals surface area contributed by atoms with E-state index in [1.165, 1.54) is 0 Å². The van der Waals surface area contributed by atoms with E-state index in [0.29, 0.717) is 34.9 Å². The van der Waals surface area contributed by atoms with E-state index < -0.39 is 0 Å². The number of aryl methyl sites for hydroxylation is 1. The highest BCUT2D eigenvalue weighted by Gasteiger charge is 2.16. The van der Waals surface area contributed by atoms with E-state index in [-0.39, 0.29) is 0 Å². The van der Waals surface area contributed by atoms with E-state index in [0.717, 1.165) is 83.5 Å². The Labute approximate surface area is 390 Å². The van der Waals surface area contributed by atoms with Crippen LogP contribution in [0.4, 0.5) is 0 Å². The molecular formula is C61H42N6. The van der Waals surface area contributed by atoms with Gasteiger partial charge in [0.1, 0.15) is 0 Å². The number of benzene rings is 9. The first-order valence-corrected chi connectivity index (χ1v) is 22.3. The van der Waals surface area contributed by atoms with Gasteiger partial charge in [-0.05, 0) is 81.3 Å². The van der Waals surface area contributed by atoms with Crippen molar-refractivity contribution in [3.63, 3.8) is 0 Å². The highest BCUT2D eigenvalue weighted by atomic mass is 15.0. The maximum atomic E-state index is 5.10. The minimum atomic E-state index is 0.619. The van der Waals surface area contributed by atoms with Gasteiger partial charge in [-0.2, -0.15) is 0 Å². The Kier molecular flexibility index (Phi) is 11.1. The highest BCUT2D eigenvalue weighted by molar-refractivity contribution is 5.81. The highest BCUT2D eigenvalue weighted by Crippen LogP contribution is 2.35. The second-order valence-electron chi connectivity index (χ2n) is 16.4. The Bertz CT molecular complexity index is 3450. The molecule has 0 spiro atoms. The zero-order valence-corrected chi connectivity index (χ0v) is 36.7. The average Bonchev–Trinajstić information content (AvgIpc) is 3.42. The van der Waals surface area contributed by atoms with Crippen molar-refractivity contribution in [2.45, 2.75) is 6.92 Å². The smallest absolute Gasteiger partial charge is 0.164 e. The molecule has 9 aromatic carbocycles. The van der Waals surface area contributed by atoms with Crippen LogP contribution < -0.4 is 0 Å². The van der Waals surface area contributed by atoms with Crippen molar-refractivity contribution >= 4 is 0 Å². The summed E-state index contributed by atoms with van der Waals surface area (Å²) in [6.45, 7) is 2.15. The fraction of sp³-hybridized carbons (Fsp3) is 0.0164. The van der Waals surface area contributed by atoms with E-state index in [1.807, 2.05) is 97.1 Å². The number of nitrogens with zero attached hydrogens (tertiary/aromatic N) is 6. The van der Waals surface area contributed by atoms with Crippen molar-refractivity contribution in [3.8, 4) is 113 Å². The fourth-order valence-corrected chi connectivity index (χ4v) is 8.39. The average molecular weight is 859 g/mol. The molecule has 0 aliphatic carbocycles. The van der Waals surface area contributed by atoms with Crippen LogP contribution in [0, 0.1) is 6.92 Å². The summed E-state index contributed by atoms with van der Waals surface area (Å²) in [6, 6.07) is 81.4. The van der Waals surface area contributed by atoms with Crippen molar-refractivity contribution < 1.29 is 0 Å². The monoisotopic (exact) mass is 858 g/mol. The molecule has 2 aromatic heterocycles. The van der Waals surface area contributed by atoms with Gasteiger partial charge in [-0.25, -0.2) is 29.9 Å². The summed E-state index contributed by atoms with van der Waals surface area (Å²) < 4.78 is 0. The predicted octanol–water partition coefficient (Wildman–Crippen LogP) is 15.0. The first kappa shape index (κ1) is 40.8. The van der Waals surface area contributed by atoms with Gasteiger partial charge in [-0.15, -0.1) is 0 Å². The Morgan fingerprint density at radius 1 is 0.194 bits per heavy atom. The van der Waals surface area contributed by atoms with Crippen LogP contribution in [-0.4, -0.2) is 29.9 Å². The van der Waals surface area contributed by atoms with Gasteiger partial charge >= 0.3 is 0 Å². The first-order valence-electron chi connectivity index (χ1n) is 22.3. The molecule has 0 fully saturated rings. The summed E-state index contributed by atoms with van der Waals surface area (Å²) in [4.78, 5) is 30.0. The predicted molar refractivity (Wildman–Crippen MR) is 272 cm³/mol. The van der Waals surface area contributed by atoms with E-state index in [2.05, 4.69) is 146 Å². The van der Waals surface area contributed by atoms with Gasteiger partial charge in [-0.1, -0.05) is 212 Å². The lowest BCUT2D eigenvalue weighted by Crippen LogP contribution is -2.00. The molecule has 6 nitrogen and oxygen atoms in total. The lowest BCUT2D eigenvalue weighted by atomic mass is 9.93. The summed E-state index contributed by atoms with van der Waals surface area (Å²) >= 11 is 0. The van der Waals surface area contributed by atoms with Crippen LogP contribution in [0.15, 0.2) is 237 Å². The van der Waals surface area contributed by atoms with Crippen molar-refractivity contribution in [2.75, 3.05) is 0 Å². The minimum Gasteiger partial charge on any atom is -0.208 e. The van der Waals surface area contributed by atoms with E-state index >= 15 is 0 Å². The Morgan fingerprint density at radius 2 is 0.448 bits per heavy atom. The summed E-state index contributed by atoms with van der Waals surface area (Å²) in [6.07, 6.45) is 0. The van der Waals surface area contributed by atoms with Crippen LogP contribution in [0.2, 0.25) is 0 Å². The molecule has 0 amide bonds. The molecule has 0 aliphatic rings. The Balaban J connectivity index is 0.921. The molecule has 67 heavy (non-hydrogen) atoms. The summed E-state index contributed by atoms with van der Waals surface area (Å²) in [5.41, 5.74) is 15.6. The number of hydrogen-bond donors (Lipinski definition) is 0. The van der Waals surface area contributed by atoms with Gasteiger partial charge in [0.25, 0.3) is 0 Å². The SMILES string of the molecule is Cc1ccc(-c2nc(-c3ccccc3)nc(-c3ccc(-c4ccccc4)cc3)n2)cc1-c1cccc(-c2cccc(-c3cccc(-c4nc(-c5ccccc5)nc(-c5ccccc5)n4)c3)c2)c1.